The maximum Gasteiger partial charge on any atom is 0.279 e. The molecule has 1 aliphatic rings. The Bertz CT molecular complexity index is 1610. The lowest BCUT2D eigenvalue weighted by molar-refractivity contribution is 0.00406. The van der Waals surface area contributed by atoms with Crippen molar-refractivity contribution in [1.29, 1.82) is 0 Å². The van der Waals surface area contributed by atoms with Crippen LogP contribution in [-0.4, -0.2) is 30.7 Å². The van der Waals surface area contributed by atoms with Crippen molar-refractivity contribution >= 4 is 22.9 Å². The molecule has 1 saturated heterocycles. The zero-order chi connectivity index (χ0) is 25.7. The van der Waals surface area contributed by atoms with Crippen LogP contribution in [-0.2, 0) is 11.8 Å². The molecule has 0 aliphatic carbocycles. The molecule has 5 rings (SSSR count). The summed E-state index contributed by atoms with van der Waals surface area (Å²) in [6.07, 6.45) is 2.16. The smallest absolute Gasteiger partial charge is 0.279 e. The number of halogens is 3. The largest absolute Gasteiger partial charge is 0.373 e. The molecule has 8 nitrogen and oxygen atoms in total. The van der Waals surface area contributed by atoms with E-state index in [1.807, 2.05) is 0 Å². The molecule has 1 aromatic carbocycles. The van der Waals surface area contributed by atoms with Gasteiger partial charge in [0.1, 0.15) is 11.4 Å². The SMILES string of the molecule is Cc1nc2nc([C@H]3CCO[C@@H](c4ccc(=O)n(C)c4)C3)c(=O)n(-c3c(F)cc(Cl)cc3F)c2nc1C. The van der Waals surface area contributed by atoms with Crippen molar-refractivity contribution in [3.05, 3.63) is 90.5 Å². The Labute approximate surface area is 209 Å². The quantitative estimate of drug-likeness (QED) is 0.410. The molecular weight excluding hydrogens is 492 g/mol. The molecule has 1 fully saturated rings. The van der Waals surface area contributed by atoms with E-state index in [9.17, 15) is 9.59 Å². The van der Waals surface area contributed by atoms with Gasteiger partial charge in [0.05, 0.1) is 17.5 Å². The molecule has 0 spiro atoms. The van der Waals surface area contributed by atoms with Crippen LogP contribution in [0.15, 0.2) is 40.1 Å². The zero-order valence-corrected chi connectivity index (χ0v) is 20.5. The van der Waals surface area contributed by atoms with Gasteiger partial charge in [-0.1, -0.05) is 11.6 Å². The molecule has 186 valence electrons. The number of ether oxygens (including phenoxy) is 1. The highest BCUT2D eigenvalue weighted by atomic mass is 35.5. The number of benzene rings is 1. The van der Waals surface area contributed by atoms with Gasteiger partial charge in [0, 0.05) is 36.9 Å². The van der Waals surface area contributed by atoms with E-state index in [0.717, 1.165) is 22.3 Å². The molecule has 0 bridgehead atoms. The average molecular weight is 514 g/mol. The molecule has 0 radical (unpaired) electrons. The zero-order valence-electron chi connectivity index (χ0n) is 19.8. The molecule has 0 N–H and O–H groups in total. The van der Waals surface area contributed by atoms with Gasteiger partial charge in [-0.05, 0) is 50.5 Å². The highest BCUT2D eigenvalue weighted by Crippen LogP contribution is 2.36. The van der Waals surface area contributed by atoms with Gasteiger partial charge >= 0.3 is 0 Å². The van der Waals surface area contributed by atoms with Crippen LogP contribution in [0.3, 0.4) is 0 Å². The Morgan fingerprint density at radius 2 is 1.75 bits per heavy atom. The molecule has 3 aromatic heterocycles. The Morgan fingerprint density at radius 1 is 1.06 bits per heavy atom. The lowest BCUT2D eigenvalue weighted by Gasteiger charge is -2.29. The van der Waals surface area contributed by atoms with E-state index >= 15 is 8.78 Å². The first-order chi connectivity index (χ1) is 17.1. The Hall–Kier alpha value is -3.50. The lowest BCUT2D eigenvalue weighted by Crippen LogP contribution is -2.31. The van der Waals surface area contributed by atoms with Gasteiger partial charge in [-0.15, -0.1) is 0 Å². The van der Waals surface area contributed by atoms with Crippen molar-refractivity contribution in [2.24, 2.45) is 7.05 Å². The number of hydrogen-bond acceptors (Lipinski definition) is 6. The Morgan fingerprint density at radius 3 is 2.44 bits per heavy atom. The van der Waals surface area contributed by atoms with Gasteiger partial charge in [0.25, 0.3) is 5.56 Å². The topological polar surface area (TPSA) is 91.9 Å². The number of aryl methyl sites for hydroxylation is 3. The van der Waals surface area contributed by atoms with Gasteiger partial charge in [0.15, 0.2) is 22.9 Å². The van der Waals surface area contributed by atoms with Crippen molar-refractivity contribution in [1.82, 2.24) is 24.1 Å². The van der Waals surface area contributed by atoms with Gasteiger partial charge in [-0.25, -0.2) is 23.7 Å². The fourth-order valence-electron chi connectivity index (χ4n) is 4.48. The first-order valence-electron chi connectivity index (χ1n) is 11.3. The number of nitrogens with zero attached hydrogens (tertiary/aromatic N) is 5. The van der Waals surface area contributed by atoms with E-state index in [1.165, 1.54) is 10.6 Å². The summed E-state index contributed by atoms with van der Waals surface area (Å²) in [6.45, 7) is 3.76. The van der Waals surface area contributed by atoms with Crippen LogP contribution in [0.2, 0.25) is 5.02 Å². The fraction of sp³-hybridized carbons (Fsp3) is 0.320. The van der Waals surface area contributed by atoms with E-state index < -0.39 is 29.0 Å². The molecule has 0 amide bonds. The van der Waals surface area contributed by atoms with E-state index in [-0.39, 0.29) is 33.5 Å². The van der Waals surface area contributed by atoms with Crippen LogP contribution in [0, 0.1) is 25.5 Å². The fourth-order valence-corrected chi connectivity index (χ4v) is 4.67. The van der Waals surface area contributed by atoms with Gasteiger partial charge in [-0.3, -0.25) is 14.2 Å². The summed E-state index contributed by atoms with van der Waals surface area (Å²) in [5, 5.41) is -0.136. The lowest BCUT2D eigenvalue weighted by atomic mass is 9.90. The summed E-state index contributed by atoms with van der Waals surface area (Å²) in [4.78, 5) is 39.0. The van der Waals surface area contributed by atoms with Crippen LogP contribution in [0.5, 0.6) is 0 Å². The van der Waals surface area contributed by atoms with Gasteiger partial charge in [0.2, 0.25) is 5.56 Å². The minimum Gasteiger partial charge on any atom is -0.373 e. The third-order valence-corrected chi connectivity index (χ3v) is 6.71. The summed E-state index contributed by atoms with van der Waals surface area (Å²) >= 11 is 5.82. The van der Waals surface area contributed by atoms with Crippen molar-refractivity contribution in [3.63, 3.8) is 0 Å². The van der Waals surface area contributed by atoms with Crippen molar-refractivity contribution in [2.45, 2.75) is 38.7 Å². The summed E-state index contributed by atoms with van der Waals surface area (Å²) in [5.74, 6) is -2.39. The first-order valence-corrected chi connectivity index (χ1v) is 11.7. The minimum atomic E-state index is -1.00. The number of fused-ring (bicyclic) bond motifs is 1. The number of pyridine rings is 1. The molecule has 0 unspecified atom stereocenters. The van der Waals surface area contributed by atoms with Crippen LogP contribution < -0.4 is 11.1 Å². The summed E-state index contributed by atoms with van der Waals surface area (Å²) < 4.78 is 38.3. The second kappa shape index (κ2) is 9.18. The predicted molar refractivity (Wildman–Crippen MR) is 130 cm³/mol. The second-order valence-corrected chi connectivity index (χ2v) is 9.33. The Balaban J connectivity index is 1.70. The van der Waals surface area contributed by atoms with Crippen LogP contribution in [0.4, 0.5) is 8.78 Å². The van der Waals surface area contributed by atoms with E-state index in [1.54, 1.807) is 33.2 Å². The third kappa shape index (κ3) is 4.20. The van der Waals surface area contributed by atoms with E-state index in [4.69, 9.17) is 16.3 Å². The highest BCUT2D eigenvalue weighted by Gasteiger charge is 2.31. The van der Waals surface area contributed by atoms with Crippen LogP contribution in [0.1, 0.15) is 47.5 Å². The minimum absolute atomic E-state index is 0.0476. The molecule has 1 aliphatic heterocycles. The monoisotopic (exact) mass is 513 g/mol. The number of hydrogen-bond donors (Lipinski definition) is 0. The molecule has 2 atom stereocenters. The molecule has 36 heavy (non-hydrogen) atoms. The Kier molecular flexibility index (Phi) is 6.17. The first kappa shape index (κ1) is 24.2. The molecule has 11 heteroatoms. The van der Waals surface area contributed by atoms with Crippen molar-refractivity contribution in [3.8, 4) is 5.69 Å². The van der Waals surface area contributed by atoms with Crippen molar-refractivity contribution < 1.29 is 13.5 Å². The van der Waals surface area contributed by atoms with Crippen LogP contribution >= 0.6 is 11.6 Å². The highest BCUT2D eigenvalue weighted by molar-refractivity contribution is 6.30. The maximum atomic E-state index is 15.0. The van der Waals surface area contributed by atoms with E-state index in [0.29, 0.717) is 30.8 Å². The summed E-state index contributed by atoms with van der Waals surface area (Å²) in [6, 6.07) is 5.03. The average Bonchev–Trinajstić information content (AvgIpc) is 2.83. The number of rotatable bonds is 3. The van der Waals surface area contributed by atoms with Crippen LogP contribution in [0.25, 0.3) is 17.0 Å². The predicted octanol–water partition coefficient (Wildman–Crippen LogP) is 4.06. The maximum absolute atomic E-state index is 15.0. The normalized spacial score (nSPS) is 18.1. The molecule has 0 saturated carbocycles. The van der Waals surface area contributed by atoms with Gasteiger partial charge < -0.3 is 9.30 Å². The molecule has 4 heterocycles. The molecular formula is C25H22ClF2N5O3. The summed E-state index contributed by atoms with van der Waals surface area (Å²) in [7, 11) is 1.65. The third-order valence-electron chi connectivity index (χ3n) is 6.49. The summed E-state index contributed by atoms with van der Waals surface area (Å²) in [5.41, 5.74) is 0.611. The second-order valence-electron chi connectivity index (χ2n) is 8.89. The molecule has 4 aromatic rings. The number of aromatic nitrogens is 5. The van der Waals surface area contributed by atoms with Crippen molar-refractivity contribution in [2.75, 3.05) is 6.61 Å². The standard InChI is InChI=1S/C25H22ClF2N5O3/c1-12-13(2)30-24-23(29-12)31-21(25(35)33(24)22-17(27)9-16(26)10-18(22)28)14-6-7-36-19(8-14)15-4-5-20(34)32(3)11-15/h4-5,9-11,14,19H,6-8H2,1-3H3/t14-,19+/m0/s1. The van der Waals surface area contributed by atoms with E-state index in [2.05, 4.69) is 15.0 Å². The van der Waals surface area contributed by atoms with Gasteiger partial charge in [-0.2, -0.15) is 0 Å².